The molecule has 1 aromatic rings. The van der Waals surface area contributed by atoms with Crippen molar-refractivity contribution in [1.29, 1.82) is 0 Å². The average molecular weight is 255 g/mol. The molecule has 0 heterocycles. The zero-order valence-corrected chi connectivity index (χ0v) is 11.0. The van der Waals surface area contributed by atoms with Gasteiger partial charge in [0.1, 0.15) is 0 Å². The molecule has 0 fully saturated rings. The highest BCUT2D eigenvalue weighted by atomic mass is 19.1. The summed E-state index contributed by atoms with van der Waals surface area (Å²) >= 11 is 0. The van der Waals surface area contributed by atoms with Gasteiger partial charge in [-0.15, -0.1) is 0 Å². The van der Waals surface area contributed by atoms with Gasteiger partial charge >= 0.3 is 0 Å². The van der Waals surface area contributed by atoms with Gasteiger partial charge in [0.25, 0.3) is 0 Å². The molecule has 0 aliphatic heterocycles. The molecule has 3 N–H and O–H groups in total. The standard InChI is InChI=1S/C14H22FNO2/c1-3-14(4-2,10-17)9-16-8-11-6-5-7-12(15)13(11)18/h5-7,16-18H,3-4,8-10H2,1-2H3. The van der Waals surface area contributed by atoms with Gasteiger partial charge in [-0.1, -0.05) is 26.0 Å². The molecular weight excluding hydrogens is 233 g/mol. The van der Waals surface area contributed by atoms with Crippen LogP contribution in [0.4, 0.5) is 4.39 Å². The lowest BCUT2D eigenvalue weighted by atomic mass is 9.83. The first-order valence-electron chi connectivity index (χ1n) is 6.36. The Balaban J connectivity index is 2.58. The van der Waals surface area contributed by atoms with E-state index in [2.05, 4.69) is 5.32 Å². The molecule has 0 aromatic heterocycles. The Labute approximate surface area is 108 Å². The van der Waals surface area contributed by atoms with Crippen LogP contribution in [0.2, 0.25) is 0 Å². The molecule has 18 heavy (non-hydrogen) atoms. The topological polar surface area (TPSA) is 52.5 Å². The monoisotopic (exact) mass is 255 g/mol. The maximum atomic E-state index is 13.1. The lowest BCUT2D eigenvalue weighted by molar-refractivity contribution is 0.113. The number of aliphatic hydroxyl groups is 1. The van der Waals surface area contributed by atoms with Crippen LogP contribution >= 0.6 is 0 Å². The second-order valence-electron chi connectivity index (χ2n) is 4.72. The smallest absolute Gasteiger partial charge is 0.165 e. The summed E-state index contributed by atoms with van der Waals surface area (Å²) in [6.07, 6.45) is 1.75. The maximum Gasteiger partial charge on any atom is 0.165 e. The molecule has 0 atom stereocenters. The summed E-state index contributed by atoms with van der Waals surface area (Å²) < 4.78 is 13.1. The Morgan fingerprint density at radius 3 is 2.50 bits per heavy atom. The number of hydrogen-bond acceptors (Lipinski definition) is 3. The molecular formula is C14H22FNO2. The number of halogens is 1. The summed E-state index contributed by atoms with van der Waals surface area (Å²) in [5.74, 6) is -0.902. The van der Waals surface area contributed by atoms with Crippen LogP contribution < -0.4 is 5.32 Å². The fourth-order valence-electron chi connectivity index (χ4n) is 1.94. The zero-order chi connectivity index (χ0) is 13.6. The molecule has 102 valence electrons. The van der Waals surface area contributed by atoms with Gasteiger partial charge in [-0.3, -0.25) is 0 Å². The van der Waals surface area contributed by atoms with Crippen molar-refractivity contribution in [2.75, 3.05) is 13.2 Å². The molecule has 0 aliphatic rings. The Morgan fingerprint density at radius 1 is 1.28 bits per heavy atom. The first-order valence-corrected chi connectivity index (χ1v) is 6.36. The molecule has 1 aromatic carbocycles. The summed E-state index contributed by atoms with van der Waals surface area (Å²) in [5, 5.41) is 22.1. The number of phenols is 1. The molecule has 0 saturated carbocycles. The quantitative estimate of drug-likeness (QED) is 0.701. The number of benzene rings is 1. The minimum absolute atomic E-state index is 0.127. The molecule has 0 aliphatic carbocycles. The van der Waals surface area contributed by atoms with Crippen molar-refractivity contribution in [2.24, 2.45) is 5.41 Å². The number of hydrogen-bond donors (Lipinski definition) is 3. The Morgan fingerprint density at radius 2 is 1.94 bits per heavy atom. The molecule has 0 radical (unpaired) electrons. The lowest BCUT2D eigenvalue weighted by Crippen LogP contribution is -2.36. The summed E-state index contributed by atoms with van der Waals surface area (Å²) in [5.41, 5.74) is 0.400. The minimum Gasteiger partial charge on any atom is -0.505 e. The van der Waals surface area contributed by atoms with Crippen LogP contribution in [0.5, 0.6) is 5.75 Å². The Hall–Kier alpha value is -1.13. The van der Waals surface area contributed by atoms with Gasteiger partial charge in [0, 0.05) is 30.7 Å². The maximum absolute atomic E-state index is 13.1. The minimum atomic E-state index is -0.603. The fraction of sp³-hybridized carbons (Fsp3) is 0.571. The van der Waals surface area contributed by atoms with Gasteiger partial charge in [-0.2, -0.15) is 0 Å². The van der Waals surface area contributed by atoms with E-state index in [0.29, 0.717) is 18.7 Å². The Bertz CT molecular complexity index is 370. The van der Waals surface area contributed by atoms with E-state index in [9.17, 15) is 14.6 Å². The SMILES string of the molecule is CCC(CC)(CO)CNCc1cccc(F)c1O. The normalized spacial score (nSPS) is 11.8. The van der Waals surface area contributed by atoms with Crippen LogP contribution in [-0.4, -0.2) is 23.4 Å². The predicted octanol–water partition coefficient (Wildman–Crippen LogP) is 2.42. The zero-order valence-electron chi connectivity index (χ0n) is 11.0. The van der Waals surface area contributed by atoms with Crippen molar-refractivity contribution in [1.82, 2.24) is 5.32 Å². The lowest BCUT2D eigenvalue weighted by Gasteiger charge is -2.29. The number of aliphatic hydroxyl groups excluding tert-OH is 1. The largest absolute Gasteiger partial charge is 0.505 e. The molecule has 0 spiro atoms. The van der Waals surface area contributed by atoms with E-state index in [0.717, 1.165) is 12.8 Å². The summed E-state index contributed by atoms with van der Waals surface area (Å²) in [4.78, 5) is 0. The van der Waals surface area contributed by atoms with Gasteiger partial charge < -0.3 is 15.5 Å². The number of para-hydroxylation sites is 1. The van der Waals surface area contributed by atoms with Crippen LogP contribution in [0.15, 0.2) is 18.2 Å². The second kappa shape index (κ2) is 6.71. The highest BCUT2D eigenvalue weighted by Crippen LogP contribution is 2.25. The van der Waals surface area contributed by atoms with Crippen molar-refractivity contribution >= 4 is 0 Å². The molecule has 3 nitrogen and oxygen atoms in total. The van der Waals surface area contributed by atoms with Crippen molar-refractivity contribution < 1.29 is 14.6 Å². The van der Waals surface area contributed by atoms with E-state index in [1.54, 1.807) is 12.1 Å². The third-order valence-electron chi connectivity index (χ3n) is 3.72. The van der Waals surface area contributed by atoms with Crippen LogP contribution in [0.1, 0.15) is 32.3 Å². The molecule has 4 heteroatoms. The number of phenolic OH excluding ortho intramolecular Hbond substituents is 1. The first kappa shape index (κ1) is 14.9. The number of rotatable bonds is 7. The van der Waals surface area contributed by atoms with Crippen LogP contribution in [0.3, 0.4) is 0 Å². The van der Waals surface area contributed by atoms with Crippen molar-refractivity contribution in [2.45, 2.75) is 33.2 Å². The molecule has 1 rings (SSSR count). The van der Waals surface area contributed by atoms with E-state index < -0.39 is 5.82 Å². The third-order valence-corrected chi connectivity index (χ3v) is 3.72. The van der Waals surface area contributed by atoms with E-state index in [-0.39, 0.29) is 17.8 Å². The number of aromatic hydroxyl groups is 1. The molecule has 0 bridgehead atoms. The van der Waals surface area contributed by atoms with E-state index in [1.807, 2.05) is 13.8 Å². The van der Waals surface area contributed by atoms with Crippen molar-refractivity contribution in [3.8, 4) is 5.75 Å². The van der Waals surface area contributed by atoms with Crippen molar-refractivity contribution in [3.63, 3.8) is 0 Å². The van der Waals surface area contributed by atoms with Gasteiger partial charge in [0.15, 0.2) is 11.6 Å². The van der Waals surface area contributed by atoms with Crippen LogP contribution in [-0.2, 0) is 6.54 Å². The van der Waals surface area contributed by atoms with E-state index >= 15 is 0 Å². The molecule has 0 saturated heterocycles. The predicted molar refractivity (Wildman–Crippen MR) is 69.9 cm³/mol. The summed E-state index contributed by atoms with van der Waals surface area (Å²) in [7, 11) is 0. The van der Waals surface area contributed by atoms with Crippen molar-refractivity contribution in [3.05, 3.63) is 29.6 Å². The summed E-state index contributed by atoms with van der Waals surface area (Å²) in [6.45, 7) is 5.25. The first-order chi connectivity index (χ1) is 8.58. The van der Waals surface area contributed by atoms with Gasteiger partial charge in [0.05, 0.1) is 0 Å². The number of nitrogens with one attached hydrogen (secondary N) is 1. The fourth-order valence-corrected chi connectivity index (χ4v) is 1.94. The highest BCUT2D eigenvalue weighted by Gasteiger charge is 2.24. The summed E-state index contributed by atoms with van der Waals surface area (Å²) in [6, 6.07) is 4.49. The van der Waals surface area contributed by atoms with Crippen LogP contribution in [0, 0.1) is 11.2 Å². The second-order valence-corrected chi connectivity index (χ2v) is 4.72. The Kier molecular flexibility index (Phi) is 5.56. The van der Waals surface area contributed by atoms with Gasteiger partial charge in [0.2, 0.25) is 0 Å². The molecule has 0 amide bonds. The van der Waals surface area contributed by atoms with Gasteiger partial charge in [-0.05, 0) is 18.9 Å². The van der Waals surface area contributed by atoms with Gasteiger partial charge in [-0.25, -0.2) is 4.39 Å². The third kappa shape index (κ3) is 3.43. The van der Waals surface area contributed by atoms with Crippen LogP contribution in [0.25, 0.3) is 0 Å². The van der Waals surface area contributed by atoms with E-state index in [1.165, 1.54) is 6.07 Å². The van der Waals surface area contributed by atoms with E-state index in [4.69, 9.17) is 0 Å². The molecule has 0 unspecified atom stereocenters. The average Bonchev–Trinajstić information content (AvgIpc) is 2.40. The highest BCUT2D eigenvalue weighted by molar-refractivity contribution is 5.33.